The minimum Gasteiger partial charge on any atom is -0.370 e. The smallest absolute Gasteiger partial charge is 0.243 e. The number of hydrogen-bond acceptors (Lipinski definition) is 13. The number of carbonyl (C=O) groups is 9. The van der Waals surface area contributed by atoms with E-state index in [2.05, 4.69) is 41.6 Å². The van der Waals surface area contributed by atoms with Crippen molar-refractivity contribution in [1.29, 1.82) is 5.26 Å². The van der Waals surface area contributed by atoms with Gasteiger partial charge in [-0.05, 0) is 100 Å². The topological polar surface area (TPSA) is 434 Å². The SMILES string of the molecule is CC(=O)N[C@@H](CCCN=C(N)N)C(=O)N[C@H]1CCCCC(=O)CC[C@@H](C(N)=O)NC(=O)[C@H](Cc2c[nH]c3ccccc23)CC(=O)[C@H](CCCN=C(N)N)CC(=O)[C@@H](Cc2ccc(C#N)cc2)NC(=O)[C@H](CCN)NC1=O. The molecule has 24 nitrogen and oxygen atoms in total. The molecule has 0 spiro atoms. The molecular weight excluding hydrogens is 979 g/mol. The van der Waals surface area contributed by atoms with E-state index in [-0.39, 0.29) is 121 Å². The van der Waals surface area contributed by atoms with Crippen molar-refractivity contribution in [3.05, 3.63) is 71.4 Å². The van der Waals surface area contributed by atoms with Gasteiger partial charge >= 0.3 is 0 Å². The Kier molecular flexibility index (Phi) is 24.5. The molecule has 1 saturated heterocycles. The fraction of sp³-hybridized carbons (Fsp3) is 0.500. The summed E-state index contributed by atoms with van der Waals surface area (Å²) in [6.45, 7) is 1.35. The number of guanidine groups is 2. The first-order chi connectivity index (χ1) is 36.3. The van der Waals surface area contributed by atoms with Crippen molar-refractivity contribution in [2.24, 2.45) is 56.2 Å². The van der Waals surface area contributed by atoms with E-state index < -0.39 is 102 Å². The largest absolute Gasteiger partial charge is 0.370 e. The maximum absolute atomic E-state index is 14.8. The zero-order chi connectivity index (χ0) is 55.7. The van der Waals surface area contributed by atoms with Crippen LogP contribution in [0.5, 0.6) is 0 Å². The number of nitriles is 1. The average molecular weight is 1050 g/mol. The molecule has 7 atom stereocenters. The number of aromatic nitrogens is 1. The lowest BCUT2D eigenvalue weighted by Crippen LogP contribution is -2.58. The Hall–Kier alpha value is -8.20. The van der Waals surface area contributed by atoms with Crippen LogP contribution in [0.1, 0.15) is 107 Å². The lowest BCUT2D eigenvalue weighted by atomic mass is 9.83. The van der Waals surface area contributed by atoms with Gasteiger partial charge in [-0.3, -0.25) is 53.1 Å². The normalized spacial score (nSPS) is 21.2. The predicted octanol–water partition coefficient (Wildman–Crippen LogP) is -0.716. The van der Waals surface area contributed by atoms with E-state index in [1.807, 2.05) is 30.3 Å². The number of Topliss-reactive ketones (excluding diaryl/α,β-unsaturated/α-hetero) is 3. The van der Waals surface area contributed by atoms with Crippen molar-refractivity contribution in [2.75, 3.05) is 19.6 Å². The number of primary amides is 1. The Morgan fingerprint density at radius 3 is 2.08 bits per heavy atom. The van der Waals surface area contributed by atoms with Gasteiger partial charge in [-0.1, -0.05) is 36.8 Å². The van der Waals surface area contributed by atoms with E-state index in [1.165, 1.54) is 6.92 Å². The first kappa shape index (κ1) is 60.4. The van der Waals surface area contributed by atoms with Gasteiger partial charge in [-0.2, -0.15) is 5.26 Å². The number of ketones is 3. The molecule has 0 bridgehead atoms. The third-order valence-corrected chi connectivity index (χ3v) is 13.0. The van der Waals surface area contributed by atoms with Crippen molar-refractivity contribution in [3.63, 3.8) is 0 Å². The minimum absolute atomic E-state index is 0.0177. The summed E-state index contributed by atoms with van der Waals surface area (Å²) in [4.78, 5) is 136. The van der Waals surface area contributed by atoms with Crippen molar-refractivity contribution >= 4 is 75.6 Å². The maximum Gasteiger partial charge on any atom is 0.243 e. The number of hydrogen-bond donors (Lipinski definition) is 12. The van der Waals surface area contributed by atoms with Crippen LogP contribution in [0, 0.1) is 23.2 Å². The van der Waals surface area contributed by atoms with E-state index in [1.54, 1.807) is 30.5 Å². The molecule has 0 saturated carbocycles. The molecule has 410 valence electrons. The van der Waals surface area contributed by atoms with Crippen molar-refractivity contribution in [1.82, 2.24) is 31.6 Å². The molecule has 18 N–H and O–H groups in total. The van der Waals surface area contributed by atoms with Crippen molar-refractivity contribution in [2.45, 2.75) is 133 Å². The van der Waals surface area contributed by atoms with Crippen LogP contribution in [0.4, 0.5) is 0 Å². The fourth-order valence-electron chi connectivity index (χ4n) is 8.95. The number of benzene rings is 2. The molecule has 2 heterocycles. The van der Waals surface area contributed by atoms with Gasteiger partial charge in [0.15, 0.2) is 17.7 Å². The Labute approximate surface area is 441 Å². The van der Waals surface area contributed by atoms with E-state index >= 15 is 0 Å². The zero-order valence-corrected chi connectivity index (χ0v) is 42.9. The van der Waals surface area contributed by atoms with E-state index in [0.29, 0.717) is 16.7 Å². The number of fused-ring (bicyclic) bond motifs is 1. The van der Waals surface area contributed by atoms with Crippen molar-refractivity contribution in [3.8, 4) is 6.07 Å². The fourth-order valence-corrected chi connectivity index (χ4v) is 8.95. The van der Waals surface area contributed by atoms with Gasteiger partial charge in [0, 0.05) is 74.6 Å². The number of carbonyl (C=O) groups excluding carboxylic acids is 9. The third kappa shape index (κ3) is 20.3. The highest BCUT2D eigenvalue weighted by molar-refractivity contribution is 5.98. The molecule has 24 heteroatoms. The molecular formula is C52H73N15O9. The Morgan fingerprint density at radius 2 is 1.42 bits per heavy atom. The molecule has 1 aliphatic rings. The summed E-state index contributed by atoms with van der Waals surface area (Å²) >= 11 is 0. The quantitative estimate of drug-likeness (QED) is 0.0425. The predicted molar refractivity (Wildman–Crippen MR) is 284 cm³/mol. The van der Waals surface area contributed by atoms with Crippen LogP contribution >= 0.6 is 0 Å². The molecule has 6 amide bonds. The second-order valence-electron chi connectivity index (χ2n) is 19.0. The highest BCUT2D eigenvalue weighted by Gasteiger charge is 2.35. The van der Waals surface area contributed by atoms with Gasteiger partial charge < -0.3 is 66.0 Å². The number of nitrogens with two attached hydrogens (primary N) is 6. The lowest BCUT2D eigenvalue weighted by Gasteiger charge is -2.27. The summed E-state index contributed by atoms with van der Waals surface area (Å²) in [5, 5.41) is 23.7. The second-order valence-corrected chi connectivity index (χ2v) is 19.0. The van der Waals surface area contributed by atoms with Gasteiger partial charge in [-0.25, -0.2) is 0 Å². The number of amides is 6. The van der Waals surface area contributed by atoms with Crippen LogP contribution in [-0.4, -0.2) is 120 Å². The Morgan fingerprint density at radius 1 is 0.750 bits per heavy atom. The molecule has 1 aromatic heterocycles. The number of aromatic amines is 1. The summed E-state index contributed by atoms with van der Waals surface area (Å²) in [6, 6.07) is 9.29. The van der Waals surface area contributed by atoms with Crippen LogP contribution < -0.4 is 61.0 Å². The second kappa shape index (κ2) is 30.9. The molecule has 3 aromatic rings. The number of nitrogens with one attached hydrogen (secondary N) is 6. The maximum atomic E-state index is 14.8. The molecule has 1 fully saturated rings. The summed E-state index contributed by atoms with van der Waals surface area (Å²) in [7, 11) is 0. The number of rotatable bonds is 18. The molecule has 0 radical (unpaired) electrons. The number of nitrogens with zero attached hydrogens (tertiary/aromatic N) is 3. The Bertz CT molecular complexity index is 2620. The van der Waals surface area contributed by atoms with Crippen LogP contribution in [0.25, 0.3) is 10.9 Å². The van der Waals surface area contributed by atoms with E-state index in [9.17, 15) is 48.4 Å². The summed E-state index contributed by atoms with van der Waals surface area (Å²) in [5.74, 6) is -8.33. The van der Waals surface area contributed by atoms with Gasteiger partial charge in [-0.15, -0.1) is 0 Å². The summed E-state index contributed by atoms with van der Waals surface area (Å²) in [5.41, 5.74) is 36.2. The number of para-hydroxylation sites is 1. The minimum atomic E-state index is -1.36. The highest BCUT2D eigenvalue weighted by Crippen LogP contribution is 2.26. The van der Waals surface area contributed by atoms with Gasteiger partial charge in [0.1, 0.15) is 35.7 Å². The van der Waals surface area contributed by atoms with Gasteiger partial charge in [0.2, 0.25) is 35.4 Å². The van der Waals surface area contributed by atoms with E-state index in [0.717, 1.165) is 10.9 Å². The molecule has 0 aliphatic carbocycles. The molecule has 1 aliphatic heterocycles. The Balaban J connectivity index is 1.78. The van der Waals surface area contributed by atoms with Crippen LogP contribution in [-0.2, 0) is 56.0 Å². The number of aliphatic imine (C=N–C) groups is 2. The monoisotopic (exact) mass is 1050 g/mol. The first-order valence-corrected chi connectivity index (χ1v) is 25.5. The van der Waals surface area contributed by atoms with Gasteiger partial charge in [0.25, 0.3) is 0 Å². The summed E-state index contributed by atoms with van der Waals surface area (Å²) in [6.07, 6.45) is 1.38. The van der Waals surface area contributed by atoms with Crippen LogP contribution in [0.2, 0.25) is 0 Å². The zero-order valence-electron chi connectivity index (χ0n) is 42.9. The molecule has 4 rings (SSSR count). The van der Waals surface area contributed by atoms with Crippen LogP contribution in [0.15, 0.2) is 64.7 Å². The van der Waals surface area contributed by atoms with Gasteiger partial charge in [0.05, 0.1) is 17.7 Å². The van der Waals surface area contributed by atoms with E-state index in [4.69, 9.17) is 34.4 Å². The standard InChI is InChI=1S/C52H73N15O9/c1-30(68)63-40(13-7-23-61-52(58)59)48(74)65-41-12-4-2-9-36(69)18-19-39(46(55)72)64-47(73)34(25-35-29-62-38-11-5-3-10-37(35)38)27-44(70)33(8-6-22-60-51(56)57)26-45(71)43(24-31-14-16-32(28-54)17-15-31)67-50(76)42(20-21-53)66-49(41)75/h3,5,10-11,14-17,29,33-34,39-43,62H,2,4,6-9,12-13,18-27,53H2,1H3,(H2,55,72)(H,63,68)(H,64,73)(H,65,74)(H,66,75)(H,67,76)(H4,56,57,60)(H4,58,59,61)/t33-,34-,39+,40+,41+,42+,43-/m1/s1. The highest BCUT2D eigenvalue weighted by atomic mass is 16.2. The lowest BCUT2D eigenvalue weighted by molar-refractivity contribution is -0.135. The summed E-state index contributed by atoms with van der Waals surface area (Å²) < 4.78 is 0. The first-order valence-electron chi connectivity index (χ1n) is 25.5. The molecule has 76 heavy (non-hydrogen) atoms. The number of H-pyrrole nitrogens is 1. The molecule has 2 aromatic carbocycles. The van der Waals surface area contributed by atoms with Crippen molar-refractivity contribution < 1.29 is 43.2 Å². The third-order valence-electron chi connectivity index (χ3n) is 13.0. The van der Waals surface area contributed by atoms with Crippen LogP contribution in [0.3, 0.4) is 0 Å². The average Bonchev–Trinajstić information content (AvgIpc) is 3.79. The molecule has 0 unspecified atom stereocenters.